The van der Waals surface area contributed by atoms with Crippen molar-refractivity contribution in [2.45, 2.75) is 0 Å². The molecule has 0 saturated carbocycles. The zero-order valence-corrected chi connectivity index (χ0v) is 11.4. The number of aromatic amines is 1. The number of anilines is 2. The second-order valence-electron chi connectivity index (χ2n) is 4.77. The van der Waals surface area contributed by atoms with Gasteiger partial charge in [0.15, 0.2) is 11.5 Å². The molecule has 7 nitrogen and oxygen atoms in total. The van der Waals surface area contributed by atoms with Gasteiger partial charge >= 0.3 is 0 Å². The van der Waals surface area contributed by atoms with Gasteiger partial charge in [0.05, 0.1) is 18.1 Å². The smallest absolute Gasteiger partial charge is 0.180 e. The summed E-state index contributed by atoms with van der Waals surface area (Å²) in [7, 11) is 0. The molecule has 7 heteroatoms. The molecule has 0 amide bonds. The number of nitrogens with one attached hydrogen (secondary N) is 2. The topological polar surface area (TPSA) is 91.1 Å². The second-order valence-corrected chi connectivity index (χ2v) is 4.77. The van der Waals surface area contributed by atoms with Crippen molar-refractivity contribution in [3.05, 3.63) is 55.2 Å². The Hall–Kier alpha value is -3.35. The van der Waals surface area contributed by atoms with Gasteiger partial charge in [-0.1, -0.05) is 0 Å². The van der Waals surface area contributed by atoms with Gasteiger partial charge in [-0.05, 0) is 24.3 Å². The third kappa shape index (κ3) is 2.05. The maximum atomic E-state index is 9.33. The molecular formula is C15H12N6O. The molecule has 0 aliphatic rings. The Morgan fingerprint density at radius 1 is 1.09 bits per heavy atom. The van der Waals surface area contributed by atoms with Crippen LogP contribution in [0.4, 0.5) is 11.5 Å². The van der Waals surface area contributed by atoms with Gasteiger partial charge in [-0.15, -0.1) is 0 Å². The van der Waals surface area contributed by atoms with Crippen LogP contribution in [0.3, 0.4) is 0 Å². The number of H-pyrrole nitrogens is 1. The van der Waals surface area contributed by atoms with Crippen LogP contribution in [0.5, 0.6) is 5.75 Å². The van der Waals surface area contributed by atoms with Gasteiger partial charge in [0.1, 0.15) is 5.75 Å². The Bertz CT molecular complexity index is 911. The maximum absolute atomic E-state index is 9.33. The fourth-order valence-electron chi connectivity index (χ4n) is 2.29. The molecule has 0 bridgehead atoms. The molecule has 4 rings (SSSR count). The highest BCUT2D eigenvalue weighted by molar-refractivity contribution is 5.73. The standard InChI is InChI=1S/C15H12N6O/c22-12-3-1-11(2-4-12)20-14-15-17-9-13(10-7-18-19-8-10)21(15)6-5-16-14/h1-9,22H,(H,16,20)(H,18,19). The molecule has 0 atom stereocenters. The second kappa shape index (κ2) is 4.88. The van der Waals surface area contributed by atoms with Gasteiger partial charge < -0.3 is 10.4 Å². The van der Waals surface area contributed by atoms with Crippen molar-refractivity contribution in [1.82, 2.24) is 24.6 Å². The minimum atomic E-state index is 0.222. The van der Waals surface area contributed by atoms with Crippen LogP contribution in [0.1, 0.15) is 0 Å². The summed E-state index contributed by atoms with van der Waals surface area (Å²) in [5, 5.41) is 19.3. The third-order valence-electron chi connectivity index (χ3n) is 3.35. The molecule has 1 aromatic carbocycles. The van der Waals surface area contributed by atoms with Gasteiger partial charge in [-0.25, -0.2) is 9.97 Å². The normalized spacial score (nSPS) is 10.9. The average molecular weight is 292 g/mol. The molecular weight excluding hydrogens is 280 g/mol. The van der Waals surface area contributed by atoms with Crippen molar-refractivity contribution in [3.63, 3.8) is 0 Å². The van der Waals surface area contributed by atoms with Crippen molar-refractivity contribution in [2.24, 2.45) is 0 Å². The van der Waals surface area contributed by atoms with Crippen molar-refractivity contribution in [2.75, 3.05) is 5.32 Å². The number of hydrogen-bond donors (Lipinski definition) is 3. The molecule has 4 aromatic rings. The fourth-order valence-corrected chi connectivity index (χ4v) is 2.29. The van der Waals surface area contributed by atoms with Crippen LogP contribution >= 0.6 is 0 Å². The number of benzene rings is 1. The molecule has 3 heterocycles. The van der Waals surface area contributed by atoms with Gasteiger partial charge in [0, 0.05) is 29.8 Å². The fraction of sp³-hybridized carbons (Fsp3) is 0. The van der Waals surface area contributed by atoms with Crippen LogP contribution in [-0.4, -0.2) is 29.7 Å². The highest BCUT2D eigenvalue weighted by Gasteiger charge is 2.11. The predicted octanol–water partition coefficient (Wildman–Crippen LogP) is 2.57. The van der Waals surface area contributed by atoms with Crippen LogP contribution in [0, 0.1) is 0 Å². The maximum Gasteiger partial charge on any atom is 0.180 e. The van der Waals surface area contributed by atoms with Crippen LogP contribution in [-0.2, 0) is 0 Å². The monoisotopic (exact) mass is 292 g/mol. The van der Waals surface area contributed by atoms with E-state index in [9.17, 15) is 5.11 Å². The lowest BCUT2D eigenvalue weighted by Crippen LogP contribution is -1.98. The highest BCUT2D eigenvalue weighted by Crippen LogP contribution is 2.25. The lowest BCUT2D eigenvalue weighted by Gasteiger charge is -2.07. The summed E-state index contributed by atoms with van der Waals surface area (Å²) in [6.07, 6.45) is 8.91. The first-order valence-corrected chi connectivity index (χ1v) is 6.68. The van der Waals surface area contributed by atoms with Crippen molar-refractivity contribution in [3.8, 4) is 17.0 Å². The van der Waals surface area contributed by atoms with E-state index in [1.54, 1.807) is 42.9 Å². The summed E-state index contributed by atoms with van der Waals surface area (Å²) in [4.78, 5) is 8.77. The summed E-state index contributed by atoms with van der Waals surface area (Å²) < 4.78 is 1.95. The highest BCUT2D eigenvalue weighted by atomic mass is 16.3. The molecule has 0 fully saturated rings. The first kappa shape index (κ1) is 12.4. The van der Waals surface area contributed by atoms with Crippen LogP contribution in [0.25, 0.3) is 16.9 Å². The van der Waals surface area contributed by atoms with E-state index in [2.05, 4.69) is 25.5 Å². The SMILES string of the molecule is Oc1ccc(Nc2nccn3c(-c4cn[nH]c4)cnc23)cc1. The summed E-state index contributed by atoms with van der Waals surface area (Å²) in [5.74, 6) is 0.864. The van der Waals surface area contributed by atoms with Crippen LogP contribution in [0.15, 0.2) is 55.2 Å². The number of fused-ring (bicyclic) bond motifs is 1. The molecule has 3 aromatic heterocycles. The van der Waals surface area contributed by atoms with Crippen LogP contribution < -0.4 is 5.32 Å². The zero-order chi connectivity index (χ0) is 14.9. The lowest BCUT2D eigenvalue weighted by molar-refractivity contribution is 0.475. The van der Waals surface area contributed by atoms with E-state index in [1.807, 2.05) is 16.8 Å². The number of rotatable bonds is 3. The molecule has 0 spiro atoms. The van der Waals surface area contributed by atoms with E-state index >= 15 is 0 Å². The Balaban J connectivity index is 1.77. The number of aromatic nitrogens is 5. The van der Waals surface area contributed by atoms with Gasteiger partial charge in [0.2, 0.25) is 0 Å². The lowest BCUT2D eigenvalue weighted by atomic mass is 10.3. The summed E-state index contributed by atoms with van der Waals surface area (Å²) in [6.45, 7) is 0. The molecule has 0 unspecified atom stereocenters. The third-order valence-corrected chi connectivity index (χ3v) is 3.35. The molecule has 0 aliphatic heterocycles. The summed E-state index contributed by atoms with van der Waals surface area (Å²) in [5.41, 5.74) is 3.42. The molecule has 3 N–H and O–H groups in total. The number of imidazole rings is 1. The molecule has 0 radical (unpaired) electrons. The van der Waals surface area contributed by atoms with E-state index in [0.717, 1.165) is 16.9 Å². The van der Waals surface area contributed by atoms with Crippen molar-refractivity contribution >= 4 is 17.2 Å². The Morgan fingerprint density at radius 2 is 1.95 bits per heavy atom. The molecule has 22 heavy (non-hydrogen) atoms. The quantitative estimate of drug-likeness (QED) is 0.505. The van der Waals surface area contributed by atoms with E-state index in [0.29, 0.717) is 11.5 Å². The largest absolute Gasteiger partial charge is 0.508 e. The van der Waals surface area contributed by atoms with Crippen molar-refractivity contribution in [1.29, 1.82) is 0 Å². The number of nitrogens with zero attached hydrogens (tertiary/aromatic N) is 4. The van der Waals surface area contributed by atoms with E-state index < -0.39 is 0 Å². The summed E-state index contributed by atoms with van der Waals surface area (Å²) >= 11 is 0. The Labute approximate surface area is 125 Å². The number of hydrogen-bond acceptors (Lipinski definition) is 5. The number of phenolic OH excluding ortho intramolecular Hbond substituents is 1. The van der Waals surface area contributed by atoms with Gasteiger partial charge in [-0.3, -0.25) is 9.50 Å². The Kier molecular flexibility index (Phi) is 2.75. The average Bonchev–Trinajstić information content (AvgIpc) is 3.18. The van der Waals surface area contributed by atoms with Crippen LogP contribution in [0.2, 0.25) is 0 Å². The van der Waals surface area contributed by atoms with Gasteiger partial charge in [0.25, 0.3) is 0 Å². The Morgan fingerprint density at radius 3 is 2.73 bits per heavy atom. The molecule has 0 saturated heterocycles. The van der Waals surface area contributed by atoms with Gasteiger partial charge in [-0.2, -0.15) is 5.10 Å². The zero-order valence-electron chi connectivity index (χ0n) is 11.4. The number of aromatic hydroxyl groups is 1. The first-order valence-electron chi connectivity index (χ1n) is 6.68. The summed E-state index contributed by atoms with van der Waals surface area (Å²) in [6, 6.07) is 6.79. The molecule has 0 aliphatic carbocycles. The number of phenols is 1. The molecule has 108 valence electrons. The van der Waals surface area contributed by atoms with Crippen molar-refractivity contribution < 1.29 is 5.11 Å². The van der Waals surface area contributed by atoms with E-state index in [1.165, 1.54) is 0 Å². The minimum absolute atomic E-state index is 0.222. The predicted molar refractivity (Wildman–Crippen MR) is 82.0 cm³/mol. The van der Waals surface area contributed by atoms with E-state index in [-0.39, 0.29) is 5.75 Å². The minimum Gasteiger partial charge on any atom is -0.508 e. The van der Waals surface area contributed by atoms with E-state index in [4.69, 9.17) is 0 Å². The first-order chi connectivity index (χ1) is 10.8.